The number of carboxylic acid groups (broad SMARTS) is 1. The molecule has 0 atom stereocenters. The number of carbonyl (C=O) groups excluding carboxylic acids is 2. The van der Waals surface area contributed by atoms with Gasteiger partial charge in [0, 0.05) is 6.42 Å². The second kappa shape index (κ2) is 26.6. The third-order valence-corrected chi connectivity index (χ3v) is 5.44. The van der Waals surface area contributed by atoms with Gasteiger partial charge in [-0.05, 0) is 6.42 Å². The number of nitrogens with one attached hydrogen (secondary N) is 1. The molecule has 0 saturated heterocycles. The minimum Gasteiger partial charge on any atom is -0.548 e. The van der Waals surface area contributed by atoms with Gasteiger partial charge >= 0.3 is 51.4 Å². The summed E-state index contributed by atoms with van der Waals surface area (Å²) in [6.07, 6.45) is 25.7. The second-order valence-electron chi connectivity index (χ2n) is 8.26. The van der Waals surface area contributed by atoms with Crippen molar-refractivity contribution >= 4 is 11.9 Å². The largest absolute Gasteiger partial charge is 1.00 e. The topological polar surface area (TPSA) is 69.2 Å². The van der Waals surface area contributed by atoms with Gasteiger partial charge in [-0.1, -0.05) is 122 Å². The normalized spacial score (nSPS) is 10.5. The Bertz CT molecular complexity index is 364. The van der Waals surface area contributed by atoms with Crippen molar-refractivity contribution in [1.29, 1.82) is 0 Å². The molecule has 0 aliphatic carbocycles. The van der Waals surface area contributed by atoms with Crippen LogP contribution in [0, 0.1) is 0 Å². The summed E-state index contributed by atoms with van der Waals surface area (Å²) < 4.78 is 0. The monoisotopic (exact) mass is 435 g/mol. The Morgan fingerprint density at radius 1 is 0.586 bits per heavy atom. The molecule has 0 rings (SSSR count). The van der Waals surface area contributed by atoms with Gasteiger partial charge in [-0.15, -0.1) is 0 Å². The van der Waals surface area contributed by atoms with Crippen molar-refractivity contribution in [1.82, 2.24) is 5.32 Å². The molecule has 166 valence electrons. The molecule has 29 heavy (non-hydrogen) atoms. The van der Waals surface area contributed by atoms with E-state index in [0.717, 1.165) is 12.8 Å². The molecule has 0 radical (unpaired) electrons. The van der Waals surface area contributed by atoms with Gasteiger partial charge in [0.2, 0.25) is 5.91 Å². The van der Waals surface area contributed by atoms with Gasteiger partial charge in [-0.3, -0.25) is 4.79 Å². The molecule has 0 heterocycles. The van der Waals surface area contributed by atoms with Crippen molar-refractivity contribution in [2.45, 2.75) is 135 Å². The Hall–Kier alpha value is 0.576. The van der Waals surface area contributed by atoms with Crippen molar-refractivity contribution < 1.29 is 66.1 Å². The predicted octanol–water partition coefficient (Wildman–Crippen LogP) is 2.68. The fourth-order valence-corrected chi connectivity index (χ4v) is 3.62. The van der Waals surface area contributed by atoms with Crippen LogP contribution in [0.4, 0.5) is 0 Å². The Morgan fingerprint density at radius 3 is 1.21 bits per heavy atom. The summed E-state index contributed by atoms with van der Waals surface area (Å²) in [5.74, 6) is -1.42. The van der Waals surface area contributed by atoms with Gasteiger partial charge in [-0.2, -0.15) is 0 Å². The number of rotatable bonds is 22. The molecular weight excluding hydrogens is 389 g/mol. The molecule has 4 nitrogen and oxygen atoms in total. The van der Waals surface area contributed by atoms with Crippen LogP contribution in [-0.2, 0) is 9.59 Å². The van der Waals surface area contributed by atoms with Crippen molar-refractivity contribution in [3.8, 4) is 0 Å². The van der Waals surface area contributed by atoms with E-state index in [4.69, 9.17) is 0 Å². The molecule has 0 unspecified atom stereocenters. The minimum absolute atomic E-state index is 0. The standard InChI is InChI=1S/C24H47NO3.K/c1-2-3-4-5-6-7-8-9-10-11-12-13-14-15-16-17-18-19-20-21-23(26)25-22-24(27)28;/h2-22H2,1H3,(H,25,26)(H,27,28);/q;+1/p-1. The number of carbonyl (C=O) groups is 2. The average molecular weight is 436 g/mol. The summed E-state index contributed by atoms with van der Waals surface area (Å²) in [4.78, 5) is 21.6. The van der Waals surface area contributed by atoms with Crippen molar-refractivity contribution in [3.05, 3.63) is 0 Å². The molecule has 1 N–H and O–H groups in total. The van der Waals surface area contributed by atoms with Crippen LogP contribution in [0.15, 0.2) is 0 Å². The first-order chi connectivity index (χ1) is 13.7. The van der Waals surface area contributed by atoms with Crippen LogP contribution in [0.1, 0.15) is 135 Å². The molecule has 0 aliphatic heterocycles. The maximum atomic E-state index is 11.3. The smallest absolute Gasteiger partial charge is 0.548 e. The average Bonchev–Trinajstić information content (AvgIpc) is 2.68. The number of unbranched alkanes of at least 4 members (excludes halogenated alkanes) is 18. The zero-order chi connectivity index (χ0) is 20.7. The molecule has 0 aliphatic rings. The predicted molar refractivity (Wildman–Crippen MR) is 116 cm³/mol. The van der Waals surface area contributed by atoms with Crippen LogP contribution in [0.2, 0.25) is 0 Å². The molecule has 1 amide bonds. The summed E-state index contributed by atoms with van der Waals surface area (Å²) in [5.41, 5.74) is 0. The minimum atomic E-state index is -1.23. The number of aliphatic carboxylic acids is 1. The quantitative estimate of drug-likeness (QED) is 0.210. The first-order valence-electron chi connectivity index (χ1n) is 12.1. The molecule has 0 fully saturated rings. The van der Waals surface area contributed by atoms with E-state index in [-0.39, 0.29) is 63.8 Å². The van der Waals surface area contributed by atoms with E-state index in [0.29, 0.717) is 6.42 Å². The zero-order valence-electron chi connectivity index (χ0n) is 19.6. The molecule has 0 bridgehead atoms. The van der Waals surface area contributed by atoms with E-state index in [2.05, 4.69) is 12.2 Å². The van der Waals surface area contributed by atoms with E-state index in [9.17, 15) is 14.7 Å². The van der Waals surface area contributed by atoms with Crippen molar-refractivity contribution in [2.75, 3.05) is 6.54 Å². The number of amides is 1. The third-order valence-electron chi connectivity index (χ3n) is 5.44. The van der Waals surface area contributed by atoms with E-state index in [1.165, 1.54) is 109 Å². The molecule has 0 spiro atoms. The fraction of sp³-hybridized carbons (Fsp3) is 0.917. The van der Waals surface area contributed by atoms with Crippen LogP contribution in [0.3, 0.4) is 0 Å². The molecular formula is C24H46KNO3. The van der Waals surface area contributed by atoms with E-state index < -0.39 is 5.97 Å². The summed E-state index contributed by atoms with van der Waals surface area (Å²) in [7, 11) is 0. The molecule has 0 saturated carbocycles. The second-order valence-corrected chi connectivity index (χ2v) is 8.26. The number of hydrogen-bond donors (Lipinski definition) is 1. The Balaban J connectivity index is 0. The van der Waals surface area contributed by atoms with Gasteiger partial charge in [0.15, 0.2) is 0 Å². The summed E-state index contributed by atoms with van der Waals surface area (Å²) in [6.45, 7) is 1.90. The molecule has 0 aromatic rings. The molecule has 0 aromatic carbocycles. The van der Waals surface area contributed by atoms with Crippen molar-refractivity contribution in [3.63, 3.8) is 0 Å². The van der Waals surface area contributed by atoms with Gasteiger partial charge in [0.05, 0.1) is 12.5 Å². The maximum absolute atomic E-state index is 11.3. The number of carboxylic acids is 1. The van der Waals surface area contributed by atoms with Crippen LogP contribution in [0.25, 0.3) is 0 Å². The van der Waals surface area contributed by atoms with Gasteiger partial charge in [0.1, 0.15) is 0 Å². The van der Waals surface area contributed by atoms with E-state index >= 15 is 0 Å². The van der Waals surface area contributed by atoms with Gasteiger partial charge in [-0.25, -0.2) is 0 Å². The van der Waals surface area contributed by atoms with E-state index in [1.807, 2.05) is 0 Å². The van der Waals surface area contributed by atoms with E-state index in [1.54, 1.807) is 0 Å². The van der Waals surface area contributed by atoms with Gasteiger partial charge in [0.25, 0.3) is 0 Å². The van der Waals surface area contributed by atoms with Crippen LogP contribution in [-0.4, -0.2) is 18.4 Å². The number of hydrogen-bond acceptors (Lipinski definition) is 3. The molecule has 5 heteroatoms. The first-order valence-corrected chi connectivity index (χ1v) is 12.1. The van der Waals surface area contributed by atoms with Crippen LogP contribution >= 0.6 is 0 Å². The zero-order valence-corrected chi connectivity index (χ0v) is 22.7. The van der Waals surface area contributed by atoms with Crippen LogP contribution < -0.4 is 61.8 Å². The molecule has 0 aromatic heterocycles. The van der Waals surface area contributed by atoms with Crippen LogP contribution in [0.5, 0.6) is 0 Å². The van der Waals surface area contributed by atoms with Crippen molar-refractivity contribution in [2.24, 2.45) is 0 Å². The Morgan fingerprint density at radius 2 is 0.897 bits per heavy atom. The Kier molecular flexibility index (Phi) is 29.1. The summed E-state index contributed by atoms with van der Waals surface area (Å²) in [5, 5.41) is 12.6. The maximum Gasteiger partial charge on any atom is 1.00 e. The fourth-order valence-electron chi connectivity index (χ4n) is 3.62. The Labute approximate surface area is 223 Å². The third kappa shape index (κ3) is 28.6. The SMILES string of the molecule is CCCCCCCCCCCCCCCCCCCCCC(=O)NCC(=O)[O-].[K+]. The first kappa shape index (κ1) is 31.8. The summed E-state index contributed by atoms with van der Waals surface area (Å²) >= 11 is 0. The van der Waals surface area contributed by atoms with Gasteiger partial charge < -0.3 is 15.2 Å². The summed E-state index contributed by atoms with van der Waals surface area (Å²) in [6, 6.07) is 0.